The van der Waals surface area contributed by atoms with Crippen LogP contribution in [0.4, 0.5) is 31.5 Å². The Labute approximate surface area is 218 Å². The van der Waals surface area contributed by atoms with E-state index in [1.54, 1.807) is 29.4 Å². The van der Waals surface area contributed by atoms with E-state index in [0.717, 1.165) is 32.9 Å². The molecule has 0 aliphatic carbocycles. The molecule has 198 valence electrons. The molecule has 2 aromatic carbocycles. The fourth-order valence-corrected chi connectivity index (χ4v) is 4.69. The number of anilines is 1. The van der Waals surface area contributed by atoms with Crippen LogP contribution in [0.3, 0.4) is 0 Å². The second-order valence-corrected chi connectivity index (χ2v) is 9.07. The van der Waals surface area contributed by atoms with Crippen molar-refractivity contribution in [1.29, 1.82) is 0 Å². The number of rotatable bonds is 7. The first-order valence-electron chi connectivity index (χ1n) is 10.9. The smallest absolute Gasteiger partial charge is 0.337 e. The second kappa shape index (κ2) is 11.1. The molecule has 37 heavy (non-hydrogen) atoms. The standard InChI is InChI=1S/C24H20F6N4OS.ClH/c1-2-15-4-5-19-20(10-15)36-22(32-19)34(8-3-7-33-9-6-31-14-33)21(35)16-11-17(23(25,26)27)13-18(12-16)24(28,29)30;/h4-6,9-14H,2-3,7-8H2,1H3;1H. The van der Waals surface area contributed by atoms with E-state index in [0.29, 0.717) is 30.6 Å². The van der Waals surface area contributed by atoms with Crippen molar-refractivity contribution < 1.29 is 31.1 Å². The van der Waals surface area contributed by atoms with Gasteiger partial charge in [0.15, 0.2) is 5.13 Å². The highest BCUT2D eigenvalue weighted by molar-refractivity contribution is 7.22. The van der Waals surface area contributed by atoms with Gasteiger partial charge in [0.05, 0.1) is 27.7 Å². The molecule has 0 N–H and O–H groups in total. The van der Waals surface area contributed by atoms with E-state index in [-0.39, 0.29) is 30.1 Å². The van der Waals surface area contributed by atoms with Crippen molar-refractivity contribution in [1.82, 2.24) is 14.5 Å². The molecule has 13 heteroatoms. The second-order valence-electron chi connectivity index (χ2n) is 8.06. The van der Waals surface area contributed by atoms with Gasteiger partial charge in [-0.25, -0.2) is 9.97 Å². The maximum absolute atomic E-state index is 13.4. The van der Waals surface area contributed by atoms with Crippen molar-refractivity contribution in [3.8, 4) is 0 Å². The highest BCUT2D eigenvalue weighted by atomic mass is 35.5. The number of carbonyl (C=O) groups is 1. The molecule has 0 spiro atoms. The summed E-state index contributed by atoms with van der Waals surface area (Å²) in [4.78, 5) is 23.0. The van der Waals surface area contributed by atoms with Crippen LogP contribution in [0.15, 0.2) is 55.1 Å². The summed E-state index contributed by atoms with van der Waals surface area (Å²) in [6, 6.07) is 6.44. The Morgan fingerprint density at radius 1 is 1.03 bits per heavy atom. The fourth-order valence-electron chi connectivity index (χ4n) is 3.64. The van der Waals surface area contributed by atoms with Gasteiger partial charge in [0, 0.05) is 31.0 Å². The van der Waals surface area contributed by atoms with Gasteiger partial charge >= 0.3 is 12.4 Å². The first-order chi connectivity index (χ1) is 17.0. The third kappa shape index (κ3) is 6.61. The lowest BCUT2D eigenvalue weighted by atomic mass is 10.0. The molecule has 0 aliphatic rings. The Balaban J connectivity index is 0.00000380. The summed E-state index contributed by atoms with van der Waals surface area (Å²) in [7, 11) is 0. The van der Waals surface area contributed by atoms with Gasteiger partial charge in [-0.2, -0.15) is 26.3 Å². The number of hydrogen-bond acceptors (Lipinski definition) is 4. The summed E-state index contributed by atoms with van der Waals surface area (Å²) >= 11 is 1.16. The molecular weight excluding hydrogens is 542 g/mol. The van der Waals surface area contributed by atoms with Crippen LogP contribution in [0.5, 0.6) is 0 Å². The minimum atomic E-state index is -5.06. The molecule has 0 saturated carbocycles. The number of carbonyl (C=O) groups excluding carboxylic acids is 1. The number of imidazole rings is 1. The van der Waals surface area contributed by atoms with Gasteiger partial charge in [0.1, 0.15) is 0 Å². The van der Waals surface area contributed by atoms with Crippen molar-refractivity contribution in [2.24, 2.45) is 0 Å². The van der Waals surface area contributed by atoms with Gasteiger partial charge in [-0.3, -0.25) is 9.69 Å². The third-order valence-electron chi connectivity index (χ3n) is 5.52. The van der Waals surface area contributed by atoms with Crippen molar-refractivity contribution in [3.05, 3.63) is 77.4 Å². The first kappa shape index (κ1) is 28.5. The average molecular weight is 563 g/mol. The molecule has 2 aromatic heterocycles. The van der Waals surface area contributed by atoms with Gasteiger partial charge in [0.2, 0.25) is 0 Å². The summed E-state index contributed by atoms with van der Waals surface area (Å²) in [5.74, 6) is -0.994. The quantitative estimate of drug-likeness (QED) is 0.223. The van der Waals surface area contributed by atoms with E-state index in [4.69, 9.17) is 0 Å². The van der Waals surface area contributed by atoms with Crippen LogP contribution >= 0.6 is 23.7 Å². The van der Waals surface area contributed by atoms with E-state index in [9.17, 15) is 31.1 Å². The van der Waals surface area contributed by atoms with E-state index >= 15 is 0 Å². The topological polar surface area (TPSA) is 51.0 Å². The minimum absolute atomic E-state index is 0. The number of benzene rings is 2. The van der Waals surface area contributed by atoms with Gasteiger partial charge < -0.3 is 4.57 Å². The molecule has 5 nitrogen and oxygen atoms in total. The van der Waals surface area contributed by atoms with Crippen molar-refractivity contribution in [2.45, 2.75) is 38.7 Å². The molecule has 0 atom stereocenters. The third-order valence-corrected chi connectivity index (χ3v) is 6.56. The largest absolute Gasteiger partial charge is 0.416 e. The van der Waals surface area contributed by atoms with E-state index in [1.165, 1.54) is 0 Å². The van der Waals surface area contributed by atoms with Crippen LogP contribution in [0, 0.1) is 0 Å². The normalized spacial score (nSPS) is 12.0. The van der Waals surface area contributed by atoms with Crippen LogP contribution in [0.2, 0.25) is 0 Å². The lowest BCUT2D eigenvalue weighted by Gasteiger charge is -2.21. The summed E-state index contributed by atoms with van der Waals surface area (Å²) < 4.78 is 82.8. The predicted octanol–water partition coefficient (Wildman–Crippen LogP) is 7.25. The van der Waals surface area contributed by atoms with Crippen LogP contribution in [0.25, 0.3) is 10.2 Å². The van der Waals surface area contributed by atoms with E-state index in [1.807, 2.05) is 19.1 Å². The summed E-state index contributed by atoms with van der Waals surface area (Å²) in [6.45, 7) is 2.43. The zero-order valence-electron chi connectivity index (χ0n) is 19.3. The highest BCUT2D eigenvalue weighted by Gasteiger charge is 2.38. The molecule has 2 heterocycles. The van der Waals surface area contributed by atoms with Crippen molar-refractivity contribution in [2.75, 3.05) is 11.4 Å². The number of fused-ring (bicyclic) bond motifs is 1. The van der Waals surface area contributed by atoms with Crippen LogP contribution in [-0.2, 0) is 25.3 Å². The van der Waals surface area contributed by atoms with Gasteiger partial charge in [-0.05, 0) is 48.7 Å². The zero-order valence-corrected chi connectivity index (χ0v) is 20.9. The van der Waals surface area contributed by atoms with E-state index in [2.05, 4.69) is 9.97 Å². The lowest BCUT2D eigenvalue weighted by Crippen LogP contribution is -2.33. The Morgan fingerprint density at radius 2 is 1.70 bits per heavy atom. The fraction of sp³-hybridized carbons (Fsp3) is 0.292. The average Bonchev–Trinajstić information content (AvgIpc) is 3.49. The lowest BCUT2D eigenvalue weighted by molar-refractivity contribution is -0.143. The number of amides is 1. The van der Waals surface area contributed by atoms with Crippen LogP contribution in [-0.4, -0.2) is 27.0 Å². The monoisotopic (exact) mass is 562 g/mol. The molecular formula is C24H21ClF6N4OS. The Morgan fingerprint density at radius 3 is 2.27 bits per heavy atom. The summed E-state index contributed by atoms with van der Waals surface area (Å²) in [5.41, 5.74) is -2.19. The molecule has 0 aliphatic heterocycles. The zero-order chi connectivity index (χ0) is 26.1. The van der Waals surface area contributed by atoms with Crippen molar-refractivity contribution in [3.63, 3.8) is 0 Å². The highest BCUT2D eigenvalue weighted by Crippen LogP contribution is 2.37. The van der Waals surface area contributed by atoms with Gasteiger partial charge in [-0.1, -0.05) is 24.3 Å². The summed E-state index contributed by atoms with van der Waals surface area (Å²) in [5, 5.41) is 0.194. The number of nitrogens with zero attached hydrogens (tertiary/aromatic N) is 4. The van der Waals surface area contributed by atoms with Gasteiger partial charge in [-0.15, -0.1) is 12.4 Å². The number of aromatic nitrogens is 3. The molecule has 0 bridgehead atoms. The van der Waals surface area contributed by atoms with Crippen LogP contribution in [0.1, 0.15) is 40.4 Å². The molecule has 0 radical (unpaired) electrons. The first-order valence-corrected chi connectivity index (χ1v) is 11.7. The molecule has 0 unspecified atom stereocenters. The number of thiazole rings is 1. The molecule has 4 rings (SSSR count). The minimum Gasteiger partial charge on any atom is -0.337 e. The Kier molecular flexibility index (Phi) is 8.53. The number of alkyl halides is 6. The van der Waals surface area contributed by atoms with E-state index < -0.39 is 35.0 Å². The summed E-state index contributed by atoms with van der Waals surface area (Å²) in [6.07, 6.45) is -4.14. The predicted molar refractivity (Wildman–Crippen MR) is 131 cm³/mol. The molecule has 0 fully saturated rings. The maximum Gasteiger partial charge on any atom is 0.416 e. The molecule has 1 amide bonds. The van der Waals surface area contributed by atoms with Crippen LogP contribution < -0.4 is 4.90 Å². The Hall–Kier alpha value is -3.12. The molecule has 4 aromatic rings. The SMILES string of the molecule is CCc1ccc2nc(N(CCCn3ccnc3)C(=O)c3cc(C(F)(F)F)cc(C(F)(F)F)c3)sc2c1.Cl. The number of halogens is 7. The Bertz CT molecular complexity index is 1340. The van der Waals surface area contributed by atoms with Gasteiger partial charge in [0.25, 0.3) is 5.91 Å². The number of hydrogen-bond donors (Lipinski definition) is 0. The number of aryl methyl sites for hydroxylation is 2. The maximum atomic E-state index is 13.4. The molecule has 0 saturated heterocycles. The van der Waals surface area contributed by atoms with Crippen molar-refractivity contribution >= 4 is 45.0 Å².